The van der Waals surface area contributed by atoms with Crippen LogP contribution < -0.4 is 15.4 Å². The van der Waals surface area contributed by atoms with Crippen LogP contribution in [0.4, 0.5) is 15.3 Å². The number of aromatic amines is 1. The highest BCUT2D eigenvalue weighted by Crippen LogP contribution is 2.45. The summed E-state index contributed by atoms with van der Waals surface area (Å²) in [4.78, 5) is 70.1. The molecule has 6 heterocycles. The van der Waals surface area contributed by atoms with Crippen molar-refractivity contribution in [2.24, 2.45) is 22.7 Å². The molecule has 5 aliphatic heterocycles. The number of nitrogens with one attached hydrogen (secondary N) is 3. The zero-order valence-corrected chi connectivity index (χ0v) is 36.9. The van der Waals surface area contributed by atoms with Crippen molar-refractivity contribution >= 4 is 46.2 Å². The topological polar surface area (TPSA) is 177 Å². The molecule has 3 fully saturated rings. The quantitative estimate of drug-likeness (QED) is 0.157. The molecule has 0 aliphatic carbocycles. The highest BCUT2D eigenvalue weighted by Gasteiger charge is 2.44. The van der Waals surface area contributed by atoms with E-state index >= 15 is 0 Å². The molecule has 0 unspecified atom stereocenters. The van der Waals surface area contributed by atoms with Crippen LogP contribution in [0.1, 0.15) is 82.8 Å². The molecular weight excluding hydrogens is 803 g/mol. The van der Waals surface area contributed by atoms with E-state index in [9.17, 15) is 19.2 Å². The summed E-state index contributed by atoms with van der Waals surface area (Å²) in [5, 5.41) is 7.77. The number of aliphatic imine (C=N–C) groups is 1. The summed E-state index contributed by atoms with van der Waals surface area (Å²) in [6.45, 7) is 10.2. The van der Waals surface area contributed by atoms with Gasteiger partial charge in [-0.3, -0.25) is 14.6 Å². The number of nitrogens with zero attached hydrogens (tertiary/aromatic N) is 4. The summed E-state index contributed by atoms with van der Waals surface area (Å²) >= 11 is 0. The van der Waals surface area contributed by atoms with Crippen molar-refractivity contribution in [2.45, 2.75) is 103 Å². The van der Waals surface area contributed by atoms with Gasteiger partial charge < -0.3 is 44.4 Å². The minimum Gasteiger partial charge on any atom is -0.488 e. The Labute approximate surface area is 367 Å². The molecule has 1 aromatic heterocycles. The van der Waals surface area contributed by atoms with E-state index in [1.165, 1.54) is 14.2 Å². The molecule has 4 aromatic rings. The summed E-state index contributed by atoms with van der Waals surface area (Å²) < 4.78 is 21.8. The molecule has 6 atom stereocenters. The second kappa shape index (κ2) is 17.3. The first kappa shape index (κ1) is 42.3. The zero-order chi connectivity index (χ0) is 44.1. The van der Waals surface area contributed by atoms with Gasteiger partial charge in [0.15, 0.2) is 0 Å². The third-order valence-electron chi connectivity index (χ3n) is 13.8. The SMILES string of the molecule is COC(=O)N[C@H](C(=O)N1C[C@@H](C)C[C@H]1C1=Nc2ccc3cc4c(cc3c2C1)OCc1cc(-c2cnc([C@@H]3CC[C@H](C)N3C(=O)[C@@H](NC(=O)OC)C3CCOCC3)[nH]2)ccc1-4)C(C)C. The van der Waals surface area contributed by atoms with E-state index in [2.05, 4.69) is 71.9 Å². The summed E-state index contributed by atoms with van der Waals surface area (Å²) in [5.41, 5.74) is 8.00. The molecule has 0 radical (unpaired) electrons. The lowest BCUT2D eigenvalue weighted by Crippen LogP contribution is -2.54. The van der Waals surface area contributed by atoms with Crippen LogP contribution in [0.3, 0.4) is 0 Å². The van der Waals surface area contributed by atoms with Gasteiger partial charge in [0.2, 0.25) is 11.8 Å². The Kier molecular flexibility index (Phi) is 11.6. The number of carbonyl (C=O) groups excluding carboxylic acids is 4. The average molecular weight is 860 g/mol. The number of methoxy groups -OCH3 is 2. The molecule has 3 N–H and O–H groups in total. The van der Waals surface area contributed by atoms with Gasteiger partial charge in [0.25, 0.3) is 0 Å². The Morgan fingerprint density at radius 3 is 2.43 bits per heavy atom. The minimum absolute atomic E-state index is 0.0245. The van der Waals surface area contributed by atoms with Crippen molar-refractivity contribution in [3.8, 4) is 28.1 Å². The number of ether oxygens (including phenoxy) is 4. The highest BCUT2D eigenvalue weighted by atomic mass is 16.5. The van der Waals surface area contributed by atoms with Gasteiger partial charge in [-0.05, 0) is 114 Å². The lowest BCUT2D eigenvalue weighted by atomic mass is 9.90. The number of likely N-dealkylation sites (tertiary alicyclic amines) is 2. The van der Waals surface area contributed by atoms with E-state index in [0.29, 0.717) is 57.4 Å². The maximum Gasteiger partial charge on any atom is 0.407 e. The van der Waals surface area contributed by atoms with Gasteiger partial charge in [-0.15, -0.1) is 0 Å². The number of H-pyrrole nitrogens is 1. The Morgan fingerprint density at radius 2 is 1.67 bits per heavy atom. The summed E-state index contributed by atoms with van der Waals surface area (Å²) in [6.07, 6.45) is 4.97. The molecular formula is C48H57N7O8. The van der Waals surface area contributed by atoms with Crippen molar-refractivity contribution in [1.29, 1.82) is 0 Å². The maximum atomic E-state index is 14.3. The molecule has 4 amide bonds. The Morgan fingerprint density at radius 1 is 0.889 bits per heavy atom. The molecule has 3 aromatic carbocycles. The first-order valence-electron chi connectivity index (χ1n) is 22.3. The number of carbonyl (C=O) groups is 4. The van der Waals surface area contributed by atoms with Gasteiger partial charge in [0.1, 0.15) is 30.3 Å². The Bertz CT molecular complexity index is 2480. The number of imidazole rings is 1. The third-order valence-corrected chi connectivity index (χ3v) is 13.8. The average Bonchev–Trinajstić information content (AvgIpc) is 4.12. The van der Waals surface area contributed by atoms with Crippen LogP contribution >= 0.6 is 0 Å². The van der Waals surface area contributed by atoms with Crippen LogP contribution in [-0.4, -0.2) is 108 Å². The lowest BCUT2D eigenvalue weighted by Gasteiger charge is -2.36. The van der Waals surface area contributed by atoms with Crippen LogP contribution in [0.15, 0.2) is 53.7 Å². The van der Waals surface area contributed by atoms with Gasteiger partial charge in [0, 0.05) is 43.5 Å². The first-order chi connectivity index (χ1) is 30.4. The number of alkyl carbamates (subject to hydrolysis) is 2. The molecule has 15 nitrogen and oxygen atoms in total. The van der Waals surface area contributed by atoms with E-state index in [1.54, 1.807) is 0 Å². The number of fused-ring (bicyclic) bond motifs is 6. The van der Waals surface area contributed by atoms with Crippen molar-refractivity contribution < 1.29 is 38.1 Å². The normalized spacial score (nSPS) is 22.7. The summed E-state index contributed by atoms with van der Waals surface area (Å²) in [7, 11) is 2.62. The van der Waals surface area contributed by atoms with Crippen LogP contribution in [0.5, 0.6) is 5.75 Å². The molecule has 0 spiro atoms. The maximum absolute atomic E-state index is 14.3. The predicted octanol–water partition coefficient (Wildman–Crippen LogP) is 7.24. The number of aromatic nitrogens is 2. The fraction of sp³-hybridized carbons (Fsp3) is 0.500. The van der Waals surface area contributed by atoms with Crippen molar-refractivity contribution in [2.75, 3.05) is 34.0 Å². The number of amides is 4. The van der Waals surface area contributed by atoms with E-state index in [0.717, 1.165) is 80.7 Å². The first-order valence-corrected chi connectivity index (χ1v) is 22.3. The summed E-state index contributed by atoms with van der Waals surface area (Å²) in [6, 6.07) is 13.0. The smallest absolute Gasteiger partial charge is 0.407 e. The largest absolute Gasteiger partial charge is 0.488 e. The van der Waals surface area contributed by atoms with Gasteiger partial charge in [-0.1, -0.05) is 39.0 Å². The minimum atomic E-state index is -0.711. The Balaban J connectivity index is 0.932. The molecule has 3 saturated heterocycles. The summed E-state index contributed by atoms with van der Waals surface area (Å²) in [5.74, 6) is 1.43. The van der Waals surface area contributed by atoms with E-state index in [1.807, 2.05) is 29.8 Å². The zero-order valence-electron chi connectivity index (χ0n) is 36.9. The Hall–Kier alpha value is -5.96. The second-order valence-corrected chi connectivity index (χ2v) is 18.2. The van der Waals surface area contributed by atoms with Crippen molar-refractivity contribution in [3.05, 3.63) is 65.6 Å². The molecule has 332 valence electrons. The van der Waals surface area contributed by atoms with Gasteiger partial charge in [0.05, 0.1) is 43.9 Å². The van der Waals surface area contributed by atoms with Gasteiger partial charge >= 0.3 is 12.2 Å². The van der Waals surface area contributed by atoms with Crippen molar-refractivity contribution in [3.63, 3.8) is 0 Å². The van der Waals surface area contributed by atoms with E-state index < -0.39 is 24.3 Å². The molecule has 0 saturated carbocycles. The standard InChI is InChI=1S/C48H57N7O8/c1-25(2)42(52-47(58)60-5)45(56)54-23-26(3)17-40(54)37-20-34-33-21-41-35(19-29(33)9-11-36(34)50-37)32-10-8-30(18-31(32)24-63-41)38-22-49-44(51-38)39-12-7-27(4)55(39)46(57)43(53-48(59)61-6)28-13-15-62-16-14-28/h8-11,18-19,21-22,25-28,39-40,42-43H,7,12-17,20,23-24H2,1-6H3,(H,49,51)(H,52,58)(H,53,59)/t26-,27-,39-,40-,42-,43-/m0/s1. The number of hydrogen-bond acceptors (Lipinski definition) is 10. The fourth-order valence-electron chi connectivity index (χ4n) is 10.4. The van der Waals surface area contributed by atoms with Gasteiger partial charge in [-0.2, -0.15) is 0 Å². The molecule has 63 heavy (non-hydrogen) atoms. The number of rotatable bonds is 9. The molecule has 9 rings (SSSR count). The number of benzene rings is 3. The molecule has 0 bridgehead atoms. The fourth-order valence-corrected chi connectivity index (χ4v) is 10.4. The predicted molar refractivity (Wildman–Crippen MR) is 237 cm³/mol. The number of hydrogen-bond donors (Lipinski definition) is 3. The van der Waals surface area contributed by atoms with Crippen molar-refractivity contribution in [1.82, 2.24) is 30.4 Å². The van der Waals surface area contributed by atoms with Crippen LogP contribution in [0.25, 0.3) is 33.2 Å². The van der Waals surface area contributed by atoms with Gasteiger partial charge in [-0.25, -0.2) is 14.6 Å². The van der Waals surface area contributed by atoms with E-state index in [-0.39, 0.29) is 41.8 Å². The molecule has 5 aliphatic rings. The lowest BCUT2D eigenvalue weighted by molar-refractivity contribution is -0.138. The highest BCUT2D eigenvalue weighted by molar-refractivity contribution is 6.06. The monoisotopic (exact) mass is 859 g/mol. The van der Waals surface area contributed by atoms with E-state index in [4.69, 9.17) is 28.9 Å². The van der Waals surface area contributed by atoms with Crippen LogP contribution in [-0.2, 0) is 36.8 Å². The molecule has 15 heteroatoms. The second-order valence-electron chi connectivity index (χ2n) is 18.2. The third kappa shape index (κ3) is 8.00. The van der Waals surface area contributed by atoms with Crippen LogP contribution in [0.2, 0.25) is 0 Å². The van der Waals surface area contributed by atoms with Crippen LogP contribution in [0, 0.1) is 17.8 Å².